The van der Waals surface area contributed by atoms with E-state index >= 15 is 0 Å². The fourth-order valence-corrected chi connectivity index (χ4v) is 4.73. The van der Waals surface area contributed by atoms with Gasteiger partial charge in [0.25, 0.3) is 5.91 Å². The van der Waals surface area contributed by atoms with Crippen LogP contribution >= 0.6 is 22.9 Å². The van der Waals surface area contributed by atoms with E-state index in [0.29, 0.717) is 64.4 Å². The summed E-state index contributed by atoms with van der Waals surface area (Å²) in [5.74, 6) is 1.29. The Morgan fingerprint density at radius 1 is 1.17 bits per heavy atom. The van der Waals surface area contributed by atoms with Crippen LogP contribution in [0.4, 0.5) is 35.4 Å². The third-order valence-corrected chi connectivity index (χ3v) is 6.64. The maximum atomic E-state index is 12.7. The van der Waals surface area contributed by atoms with Gasteiger partial charge >= 0.3 is 58.4 Å². The van der Waals surface area contributed by atoms with Gasteiger partial charge < -0.3 is 33.4 Å². The largest absolute Gasteiger partial charge is 1.00 e. The molecule has 0 spiro atoms. The second kappa shape index (κ2) is 12.5. The molecule has 36 heavy (non-hydrogen) atoms. The molecule has 1 fully saturated rings. The molecule has 0 radical (unpaired) electrons. The van der Waals surface area contributed by atoms with E-state index in [2.05, 4.69) is 25.6 Å². The number of aromatic nitrogens is 3. The van der Waals surface area contributed by atoms with Gasteiger partial charge in [0.1, 0.15) is 22.3 Å². The number of nitrogens with one attached hydrogen (secondary N) is 2. The Hall–Kier alpha value is -1.26. The molecule has 1 aliphatic rings. The Morgan fingerprint density at radius 3 is 2.56 bits per heavy atom. The molecule has 2 N–H and O–H groups in total. The van der Waals surface area contributed by atoms with E-state index < -0.39 is 13.4 Å². The molecule has 1 aromatic carbocycles. The third kappa shape index (κ3) is 7.87. The van der Waals surface area contributed by atoms with Crippen LogP contribution in [0, 0.1) is 13.8 Å². The molecule has 3 aromatic rings. The molecule has 1 amide bonds. The van der Waals surface area contributed by atoms with E-state index in [1.165, 1.54) is 11.1 Å². The first-order chi connectivity index (χ1) is 16.6. The average Bonchev–Trinajstić information content (AvgIpc) is 3.24. The van der Waals surface area contributed by atoms with E-state index in [1.54, 1.807) is 19.1 Å². The van der Waals surface area contributed by atoms with Crippen molar-refractivity contribution in [3.63, 3.8) is 0 Å². The Bertz CT molecular complexity index is 1200. The number of hydrogen-bond acceptors (Lipinski definition) is 8. The fraction of sp³-hybridized carbons (Fsp3) is 0.333. The van der Waals surface area contributed by atoms with Gasteiger partial charge in [-0.1, -0.05) is 35.1 Å². The van der Waals surface area contributed by atoms with Gasteiger partial charge in [-0.05, 0) is 31.9 Å². The van der Waals surface area contributed by atoms with Gasteiger partial charge in [0, 0.05) is 32.2 Å². The molecule has 0 saturated carbocycles. The number of para-hydroxylation sites is 1. The Labute approximate surface area is 258 Å². The number of anilines is 4. The first-order valence-electron chi connectivity index (χ1n) is 10.9. The zero-order chi connectivity index (χ0) is 25.2. The van der Waals surface area contributed by atoms with Gasteiger partial charge in [0.15, 0.2) is 5.13 Å². The number of rotatable bonds is 7. The number of carbonyl (C=O) groups is 1. The van der Waals surface area contributed by atoms with E-state index in [4.69, 9.17) is 11.6 Å². The van der Waals surface area contributed by atoms with Crippen molar-refractivity contribution in [3.8, 4) is 0 Å². The van der Waals surface area contributed by atoms with Gasteiger partial charge in [-0.15, -0.1) is 0 Å². The predicted molar refractivity (Wildman–Crippen MR) is 134 cm³/mol. The van der Waals surface area contributed by atoms with Crippen LogP contribution in [0.25, 0.3) is 0 Å². The number of thiazole rings is 1. The van der Waals surface area contributed by atoms with Gasteiger partial charge in [-0.2, -0.15) is 0 Å². The van der Waals surface area contributed by atoms with Crippen molar-refractivity contribution in [1.82, 2.24) is 19.9 Å². The standard InChI is InChI=1S/C21H23BClF3N7OS.K/c1-13-4-3-5-15(23)19(13)31-20(34)16-11-27-21(35-16)30-17-10-18(29-14(2)28-17)33-8-6-32(7-9-33)12-22(24,25)26;/h3-5,10-11H,6-9,12H2,1-2H3,(H,31,34)(H,27,28,29,30);/q-1;+1. The van der Waals surface area contributed by atoms with Crippen molar-refractivity contribution in [2.75, 3.05) is 48.2 Å². The number of benzene rings is 1. The third-order valence-electron chi connectivity index (χ3n) is 5.41. The number of amides is 1. The topological polar surface area (TPSA) is 86.3 Å². The molecule has 4 rings (SSSR count). The second-order valence-corrected chi connectivity index (χ2v) is 9.63. The molecule has 0 unspecified atom stereocenters. The molecule has 1 saturated heterocycles. The van der Waals surface area contributed by atoms with Crippen LogP contribution in [0.2, 0.25) is 5.02 Å². The van der Waals surface area contributed by atoms with E-state index in [0.717, 1.165) is 16.9 Å². The Morgan fingerprint density at radius 2 is 1.89 bits per heavy atom. The zero-order valence-electron chi connectivity index (χ0n) is 20.1. The molecule has 8 nitrogen and oxygen atoms in total. The average molecular weight is 564 g/mol. The van der Waals surface area contributed by atoms with Crippen LogP contribution in [0.3, 0.4) is 0 Å². The van der Waals surface area contributed by atoms with Crippen LogP contribution < -0.4 is 66.9 Å². The molecule has 1 aliphatic heterocycles. The van der Waals surface area contributed by atoms with Crippen LogP contribution in [0.15, 0.2) is 30.5 Å². The van der Waals surface area contributed by atoms with E-state index in [-0.39, 0.29) is 57.3 Å². The van der Waals surface area contributed by atoms with Crippen LogP contribution in [0.1, 0.15) is 21.1 Å². The summed E-state index contributed by atoms with van der Waals surface area (Å²) in [5.41, 5.74) is 1.40. The molecule has 0 atom stereocenters. The number of piperazine rings is 1. The maximum absolute atomic E-state index is 12.7. The zero-order valence-corrected chi connectivity index (χ0v) is 24.8. The monoisotopic (exact) mass is 563 g/mol. The summed E-state index contributed by atoms with van der Waals surface area (Å²) >= 11 is 7.35. The Kier molecular flexibility index (Phi) is 10.2. The quantitative estimate of drug-likeness (QED) is 0.424. The molecule has 186 valence electrons. The maximum Gasteiger partial charge on any atom is 1.00 e. The summed E-state index contributed by atoms with van der Waals surface area (Å²) in [5, 5.41) is 6.82. The van der Waals surface area contributed by atoms with E-state index in [9.17, 15) is 17.7 Å². The number of nitrogens with zero attached hydrogens (tertiary/aromatic N) is 5. The molecule has 3 heterocycles. The molecular weight excluding hydrogens is 541 g/mol. The van der Waals surface area contributed by atoms with Crippen molar-refractivity contribution < 1.29 is 69.1 Å². The van der Waals surface area contributed by atoms with Crippen molar-refractivity contribution in [1.29, 1.82) is 0 Å². The number of carbonyl (C=O) groups excluding carboxylic acids is 1. The first-order valence-corrected chi connectivity index (χ1v) is 12.1. The summed E-state index contributed by atoms with van der Waals surface area (Å²) in [7, 11) is 0. The molecule has 0 bridgehead atoms. The van der Waals surface area contributed by atoms with Crippen LogP contribution in [-0.4, -0.2) is 65.4 Å². The summed E-state index contributed by atoms with van der Waals surface area (Å²) in [6, 6.07) is 7.09. The van der Waals surface area contributed by atoms with Crippen molar-refractivity contribution in [3.05, 3.63) is 51.7 Å². The first kappa shape index (κ1) is 29.3. The van der Waals surface area contributed by atoms with Gasteiger partial charge in [-0.25, -0.2) is 15.0 Å². The summed E-state index contributed by atoms with van der Waals surface area (Å²) in [6.07, 6.45) is 0.615. The number of halogens is 4. The minimum atomic E-state index is -4.84. The van der Waals surface area contributed by atoms with Crippen LogP contribution in [-0.2, 0) is 0 Å². The predicted octanol–water partition coefficient (Wildman–Crippen LogP) is 1.71. The van der Waals surface area contributed by atoms with Gasteiger partial charge in [-0.3, -0.25) is 4.79 Å². The smallest absolute Gasteiger partial charge is 0.448 e. The van der Waals surface area contributed by atoms with E-state index in [1.807, 2.05) is 24.0 Å². The molecule has 2 aromatic heterocycles. The SMILES string of the molecule is Cc1nc(Nc2ncc(C(=O)Nc3c(C)cccc3Cl)s2)cc(N2CCN(C[B-](F)(F)F)CC2)n1.[K+]. The number of hydrogen-bond donors (Lipinski definition) is 2. The molecule has 0 aliphatic carbocycles. The van der Waals surface area contributed by atoms with Gasteiger partial charge in [0.2, 0.25) is 0 Å². The second-order valence-electron chi connectivity index (χ2n) is 8.20. The minimum absolute atomic E-state index is 0. The van der Waals surface area contributed by atoms with Crippen molar-refractivity contribution in [2.45, 2.75) is 13.8 Å². The minimum Gasteiger partial charge on any atom is -0.448 e. The van der Waals surface area contributed by atoms with Crippen LogP contribution in [0.5, 0.6) is 0 Å². The summed E-state index contributed by atoms with van der Waals surface area (Å²) in [4.78, 5) is 29.5. The summed E-state index contributed by atoms with van der Waals surface area (Å²) < 4.78 is 38.1. The molecular formula is C21H23BClF3KN7OS. The van der Waals surface area contributed by atoms with Crippen molar-refractivity contribution in [2.24, 2.45) is 0 Å². The number of aryl methyl sites for hydroxylation is 2. The van der Waals surface area contributed by atoms with Crippen molar-refractivity contribution >= 4 is 58.3 Å². The molecule has 15 heteroatoms. The van der Waals surface area contributed by atoms with Gasteiger partial charge in [0.05, 0.1) is 16.9 Å². The Balaban J connectivity index is 0.00000361. The fourth-order valence-electron chi connectivity index (χ4n) is 3.74. The normalized spacial score (nSPS) is 14.3. The summed E-state index contributed by atoms with van der Waals surface area (Å²) in [6.45, 7) is 0.243.